The monoisotopic (exact) mass is 308 g/mol. The zero-order valence-electron chi connectivity index (χ0n) is 9.58. The second-order valence-corrected chi connectivity index (χ2v) is 4.63. The van der Waals surface area contributed by atoms with Crippen LogP contribution in [0.3, 0.4) is 0 Å². The van der Waals surface area contributed by atoms with Crippen LogP contribution in [0.1, 0.15) is 16.1 Å². The summed E-state index contributed by atoms with van der Waals surface area (Å²) >= 11 is 3.04. The predicted octanol–water partition coefficient (Wildman–Crippen LogP) is 3.54. The van der Waals surface area contributed by atoms with Gasteiger partial charge in [0.05, 0.1) is 16.4 Å². The molecule has 1 N–H and O–H groups in total. The van der Waals surface area contributed by atoms with Gasteiger partial charge in [-0.15, -0.1) is 0 Å². The van der Waals surface area contributed by atoms with Crippen molar-refractivity contribution in [2.75, 3.05) is 5.32 Å². The third-order valence-electron chi connectivity index (χ3n) is 2.35. The van der Waals surface area contributed by atoms with Gasteiger partial charge in [0.2, 0.25) is 0 Å². The molecule has 0 spiro atoms. The summed E-state index contributed by atoms with van der Waals surface area (Å²) < 4.78 is 13.6. The summed E-state index contributed by atoms with van der Waals surface area (Å²) in [5, 5.41) is 2.65. The SMILES string of the molecule is Cc1ccc(NC(=O)c2ccc(Br)c(F)c2)cn1. The van der Waals surface area contributed by atoms with Gasteiger partial charge in [-0.2, -0.15) is 0 Å². The summed E-state index contributed by atoms with van der Waals surface area (Å²) in [4.78, 5) is 15.9. The van der Waals surface area contributed by atoms with Gasteiger partial charge < -0.3 is 5.32 Å². The Balaban J connectivity index is 2.16. The smallest absolute Gasteiger partial charge is 0.255 e. The van der Waals surface area contributed by atoms with E-state index in [1.807, 2.05) is 6.92 Å². The Morgan fingerprint density at radius 2 is 2.11 bits per heavy atom. The van der Waals surface area contributed by atoms with Crippen molar-refractivity contribution in [3.63, 3.8) is 0 Å². The Labute approximate surface area is 112 Å². The zero-order valence-corrected chi connectivity index (χ0v) is 11.2. The first kappa shape index (κ1) is 12.7. The number of amides is 1. The largest absolute Gasteiger partial charge is 0.321 e. The summed E-state index contributed by atoms with van der Waals surface area (Å²) in [5.74, 6) is -0.836. The van der Waals surface area contributed by atoms with E-state index in [0.717, 1.165) is 5.69 Å². The second-order valence-electron chi connectivity index (χ2n) is 3.77. The molecule has 92 valence electrons. The van der Waals surface area contributed by atoms with Gasteiger partial charge in [-0.25, -0.2) is 4.39 Å². The van der Waals surface area contributed by atoms with Crippen LogP contribution in [-0.2, 0) is 0 Å². The molecule has 0 atom stereocenters. The van der Waals surface area contributed by atoms with Crippen LogP contribution in [0.2, 0.25) is 0 Å². The van der Waals surface area contributed by atoms with Crippen LogP contribution < -0.4 is 5.32 Å². The minimum absolute atomic E-state index is 0.260. The Morgan fingerprint density at radius 3 is 2.72 bits per heavy atom. The van der Waals surface area contributed by atoms with Crippen molar-refractivity contribution in [3.05, 3.63) is 58.1 Å². The number of benzene rings is 1. The van der Waals surface area contributed by atoms with E-state index in [4.69, 9.17) is 0 Å². The van der Waals surface area contributed by atoms with Crippen LogP contribution in [0.25, 0.3) is 0 Å². The molecule has 2 aromatic rings. The van der Waals surface area contributed by atoms with E-state index in [0.29, 0.717) is 10.2 Å². The maximum absolute atomic E-state index is 13.3. The van der Waals surface area contributed by atoms with Gasteiger partial charge in [-0.3, -0.25) is 9.78 Å². The lowest BCUT2D eigenvalue weighted by atomic mass is 10.2. The summed E-state index contributed by atoms with van der Waals surface area (Å²) in [6.45, 7) is 1.86. The van der Waals surface area contributed by atoms with E-state index in [1.165, 1.54) is 12.1 Å². The Bertz CT molecular complexity index is 584. The molecule has 0 radical (unpaired) electrons. The molecule has 18 heavy (non-hydrogen) atoms. The number of carbonyl (C=O) groups excluding carboxylic acids is 1. The lowest BCUT2D eigenvalue weighted by Crippen LogP contribution is -2.12. The van der Waals surface area contributed by atoms with Crippen LogP contribution in [0.5, 0.6) is 0 Å². The third kappa shape index (κ3) is 2.92. The number of rotatable bonds is 2. The number of aryl methyl sites for hydroxylation is 1. The fourth-order valence-electron chi connectivity index (χ4n) is 1.38. The highest BCUT2D eigenvalue weighted by Crippen LogP contribution is 2.17. The quantitative estimate of drug-likeness (QED) is 0.922. The van der Waals surface area contributed by atoms with Crippen LogP contribution in [0.4, 0.5) is 10.1 Å². The van der Waals surface area contributed by atoms with Gasteiger partial charge in [-0.05, 0) is 53.2 Å². The number of nitrogens with one attached hydrogen (secondary N) is 1. The minimum atomic E-state index is -0.468. The fourth-order valence-corrected chi connectivity index (χ4v) is 1.63. The van der Waals surface area contributed by atoms with Gasteiger partial charge in [0.1, 0.15) is 5.82 Å². The van der Waals surface area contributed by atoms with Gasteiger partial charge >= 0.3 is 0 Å². The normalized spacial score (nSPS) is 10.2. The first-order chi connectivity index (χ1) is 8.56. The average Bonchev–Trinajstić information content (AvgIpc) is 2.35. The number of pyridine rings is 1. The highest BCUT2D eigenvalue weighted by atomic mass is 79.9. The number of nitrogens with zero attached hydrogens (tertiary/aromatic N) is 1. The molecule has 0 aliphatic heterocycles. The van der Waals surface area contributed by atoms with Crippen molar-refractivity contribution in [2.45, 2.75) is 6.92 Å². The molecule has 2 rings (SSSR count). The predicted molar refractivity (Wildman–Crippen MR) is 71.0 cm³/mol. The van der Waals surface area contributed by atoms with Crippen molar-refractivity contribution in [2.24, 2.45) is 0 Å². The molecule has 0 aliphatic carbocycles. The third-order valence-corrected chi connectivity index (χ3v) is 2.99. The minimum Gasteiger partial charge on any atom is -0.321 e. The summed E-state index contributed by atoms with van der Waals surface area (Å²) in [5.41, 5.74) is 1.70. The lowest BCUT2D eigenvalue weighted by molar-refractivity contribution is 0.102. The molecule has 0 aliphatic rings. The molecule has 1 amide bonds. The molecular weight excluding hydrogens is 299 g/mol. The second kappa shape index (κ2) is 5.27. The van der Waals surface area contributed by atoms with Crippen molar-refractivity contribution in [3.8, 4) is 0 Å². The standard InChI is InChI=1S/C13H10BrFN2O/c1-8-2-4-10(7-16-8)17-13(18)9-3-5-11(14)12(15)6-9/h2-7H,1H3,(H,17,18). The van der Waals surface area contributed by atoms with E-state index in [1.54, 1.807) is 24.4 Å². The zero-order chi connectivity index (χ0) is 13.1. The number of halogens is 2. The van der Waals surface area contributed by atoms with Gasteiger partial charge in [0, 0.05) is 11.3 Å². The number of hydrogen-bond acceptors (Lipinski definition) is 2. The molecule has 1 aromatic heterocycles. The number of carbonyl (C=O) groups is 1. The van der Waals surface area contributed by atoms with E-state index < -0.39 is 5.82 Å². The lowest BCUT2D eigenvalue weighted by Gasteiger charge is -2.05. The first-order valence-electron chi connectivity index (χ1n) is 5.25. The first-order valence-corrected chi connectivity index (χ1v) is 6.04. The number of aromatic nitrogens is 1. The Kier molecular flexibility index (Phi) is 3.72. The topological polar surface area (TPSA) is 42.0 Å². The summed E-state index contributed by atoms with van der Waals surface area (Å²) in [6.07, 6.45) is 1.56. The highest BCUT2D eigenvalue weighted by Gasteiger charge is 2.09. The van der Waals surface area contributed by atoms with Crippen LogP contribution in [0, 0.1) is 12.7 Å². The molecule has 0 saturated carbocycles. The molecular formula is C13H10BrFN2O. The number of anilines is 1. The van der Waals surface area contributed by atoms with E-state index in [2.05, 4.69) is 26.2 Å². The van der Waals surface area contributed by atoms with Crippen molar-refractivity contribution >= 4 is 27.5 Å². The van der Waals surface area contributed by atoms with Crippen molar-refractivity contribution < 1.29 is 9.18 Å². The van der Waals surface area contributed by atoms with Crippen molar-refractivity contribution in [1.29, 1.82) is 0 Å². The average molecular weight is 309 g/mol. The molecule has 0 bridgehead atoms. The van der Waals surface area contributed by atoms with Crippen LogP contribution >= 0.6 is 15.9 Å². The molecule has 1 aromatic carbocycles. The van der Waals surface area contributed by atoms with Crippen molar-refractivity contribution in [1.82, 2.24) is 4.98 Å². The van der Waals surface area contributed by atoms with Crippen LogP contribution in [-0.4, -0.2) is 10.9 Å². The molecule has 0 saturated heterocycles. The summed E-state index contributed by atoms with van der Waals surface area (Å²) in [6, 6.07) is 7.76. The fraction of sp³-hybridized carbons (Fsp3) is 0.0769. The molecule has 0 fully saturated rings. The number of hydrogen-bond donors (Lipinski definition) is 1. The van der Waals surface area contributed by atoms with E-state index >= 15 is 0 Å². The van der Waals surface area contributed by atoms with Gasteiger partial charge in [0.15, 0.2) is 0 Å². The molecule has 1 heterocycles. The molecule has 5 heteroatoms. The highest BCUT2D eigenvalue weighted by molar-refractivity contribution is 9.10. The van der Waals surface area contributed by atoms with E-state index in [-0.39, 0.29) is 11.5 Å². The summed E-state index contributed by atoms with van der Waals surface area (Å²) in [7, 11) is 0. The van der Waals surface area contributed by atoms with Crippen LogP contribution in [0.15, 0.2) is 41.0 Å². The van der Waals surface area contributed by atoms with E-state index in [9.17, 15) is 9.18 Å². The Morgan fingerprint density at radius 1 is 1.33 bits per heavy atom. The van der Waals surface area contributed by atoms with Gasteiger partial charge in [0.25, 0.3) is 5.91 Å². The molecule has 3 nitrogen and oxygen atoms in total. The maximum atomic E-state index is 13.3. The Hall–Kier alpha value is -1.75. The maximum Gasteiger partial charge on any atom is 0.255 e. The van der Waals surface area contributed by atoms with Gasteiger partial charge in [-0.1, -0.05) is 0 Å². The molecule has 0 unspecified atom stereocenters.